The molecule has 4 aliphatic rings. The lowest BCUT2D eigenvalue weighted by Gasteiger charge is -2.43. The number of rotatable bonds is 0. The molecular formula is C32H41ClN2O5S. The van der Waals surface area contributed by atoms with Crippen LogP contribution in [0.5, 0.6) is 5.75 Å². The number of amides is 1. The van der Waals surface area contributed by atoms with Crippen molar-refractivity contribution in [1.82, 2.24) is 4.72 Å². The van der Waals surface area contributed by atoms with Crippen LogP contribution in [0.4, 0.5) is 5.69 Å². The van der Waals surface area contributed by atoms with Crippen molar-refractivity contribution in [2.45, 2.75) is 88.6 Å². The molecule has 2 aliphatic heterocycles. The van der Waals surface area contributed by atoms with Gasteiger partial charge in [0.1, 0.15) is 12.4 Å². The van der Waals surface area contributed by atoms with E-state index in [2.05, 4.69) is 9.62 Å². The van der Waals surface area contributed by atoms with Gasteiger partial charge in [-0.1, -0.05) is 30.5 Å². The number of halogens is 1. The van der Waals surface area contributed by atoms with E-state index in [4.69, 9.17) is 16.3 Å². The molecule has 1 amide bonds. The first kappa shape index (κ1) is 28.8. The summed E-state index contributed by atoms with van der Waals surface area (Å²) >= 11 is 6.31. The molecule has 0 unspecified atom stereocenters. The number of benzene rings is 2. The lowest BCUT2D eigenvalue weighted by atomic mass is 9.69. The van der Waals surface area contributed by atoms with Crippen molar-refractivity contribution in [3.05, 3.63) is 58.1 Å². The summed E-state index contributed by atoms with van der Waals surface area (Å²) in [6.45, 7) is 1.92. The molecule has 6 rings (SSSR count). The predicted molar refractivity (Wildman–Crippen MR) is 161 cm³/mol. The van der Waals surface area contributed by atoms with Gasteiger partial charge in [0, 0.05) is 23.7 Å². The number of aryl methyl sites for hydroxylation is 1. The summed E-state index contributed by atoms with van der Waals surface area (Å²) < 4.78 is 35.2. The van der Waals surface area contributed by atoms with Crippen LogP contribution in [0.25, 0.3) is 0 Å². The van der Waals surface area contributed by atoms with Crippen LogP contribution in [0.3, 0.4) is 0 Å². The summed E-state index contributed by atoms with van der Waals surface area (Å²) in [7, 11) is -3.78. The predicted octanol–water partition coefficient (Wildman–Crippen LogP) is 5.86. The molecule has 2 aromatic rings. The first-order valence-electron chi connectivity index (χ1n) is 15.3. The van der Waals surface area contributed by atoms with Gasteiger partial charge >= 0.3 is 0 Å². The summed E-state index contributed by atoms with van der Waals surface area (Å²) in [5.74, 6) is 0.777. The number of aliphatic hydroxyl groups is 1. The molecular weight excluding hydrogens is 560 g/mol. The van der Waals surface area contributed by atoms with Gasteiger partial charge in [-0.15, -0.1) is 0 Å². The number of hydrogen-bond acceptors (Lipinski definition) is 6. The van der Waals surface area contributed by atoms with Gasteiger partial charge in [0.2, 0.25) is 10.0 Å². The molecule has 7 nitrogen and oxygen atoms in total. The smallest absolute Gasteiger partial charge is 0.264 e. The molecule has 222 valence electrons. The molecule has 41 heavy (non-hydrogen) atoms. The Hall–Kier alpha value is -2.29. The Bertz CT molecular complexity index is 1380. The molecule has 2 N–H and O–H groups in total. The normalized spacial score (nSPS) is 30.3. The van der Waals surface area contributed by atoms with Crippen LogP contribution in [0, 0.1) is 17.8 Å². The Balaban J connectivity index is 1.35. The molecule has 2 aliphatic carbocycles. The van der Waals surface area contributed by atoms with E-state index in [1.54, 1.807) is 18.2 Å². The van der Waals surface area contributed by atoms with Gasteiger partial charge < -0.3 is 14.7 Å². The SMILES string of the molecule is O=C1NS(=O)(=O)[C@H]2CC[C@@H]2CCCC[C@H](O)[C@@H]2CC[C@H]2CN2CCCCc3cc(Cl)ccc3COc3ccc1cc32. The number of anilines is 1. The zero-order valence-electron chi connectivity index (χ0n) is 23.6. The molecule has 0 saturated heterocycles. The zero-order valence-corrected chi connectivity index (χ0v) is 25.1. The highest BCUT2D eigenvalue weighted by Gasteiger charge is 2.42. The zero-order chi connectivity index (χ0) is 28.6. The van der Waals surface area contributed by atoms with Crippen LogP contribution in [0.2, 0.25) is 5.02 Å². The number of carbonyl (C=O) groups excluding carboxylic acids is 1. The van der Waals surface area contributed by atoms with Crippen LogP contribution in [-0.2, 0) is 23.1 Å². The number of nitrogens with zero attached hydrogens (tertiary/aromatic N) is 1. The van der Waals surface area contributed by atoms with Crippen LogP contribution in [0.1, 0.15) is 85.7 Å². The lowest BCUT2D eigenvalue weighted by molar-refractivity contribution is 0.00904. The standard InChI is InChI=1S/C32H41ClN2O5S/c33-26-12-8-25-20-40-30-14-10-23-18-28(30)35(16-4-3-6-22(25)17-26)19-24-9-13-27(24)29(36)7-2-1-5-21-11-15-31(21)41(38,39)34-32(23)37/h8,10,12,14,17-18,21,24,27,29,31,36H,1-7,9,11,13,15-16,19-20H2,(H,34,37)/t21-,24-,27+,29-,31-/m0/s1. The molecule has 2 saturated carbocycles. The number of carbonyl (C=O) groups is 1. The maximum atomic E-state index is 13.3. The fourth-order valence-electron chi connectivity index (χ4n) is 7.21. The highest BCUT2D eigenvalue weighted by Crippen LogP contribution is 2.42. The Morgan fingerprint density at radius 2 is 1.73 bits per heavy atom. The number of aliphatic hydroxyl groups excluding tert-OH is 1. The van der Waals surface area contributed by atoms with Crippen molar-refractivity contribution in [2.75, 3.05) is 18.0 Å². The van der Waals surface area contributed by atoms with Crippen LogP contribution in [0.15, 0.2) is 36.4 Å². The average molecular weight is 601 g/mol. The summed E-state index contributed by atoms with van der Waals surface area (Å²) in [5.41, 5.74) is 3.39. The first-order chi connectivity index (χ1) is 19.8. The third-order valence-electron chi connectivity index (χ3n) is 9.97. The van der Waals surface area contributed by atoms with Crippen molar-refractivity contribution < 1.29 is 23.1 Å². The van der Waals surface area contributed by atoms with Crippen molar-refractivity contribution >= 4 is 33.2 Å². The van der Waals surface area contributed by atoms with Crippen LogP contribution in [-0.4, -0.2) is 43.9 Å². The second kappa shape index (κ2) is 12.1. The van der Waals surface area contributed by atoms with Crippen molar-refractivity contribution in [3.63, 3.8) is 0 Å². The molecule has 0 aromatic heterocycles. The van der Waals surface area contributed by atoms with E-state index in [9.17, 15) is 18.3 Å². The molecule has 0 radical (unpaired) electrons. The Morgan fingerprint density at radius 1 is 0.902 bits per heavy atom. The van der Waals surface area contributed by atoms with Crippen LogP contribution >= 0.6 is 11.6 Å². The summed E-state index contributed by atoms with van der Waals surface area (Å²) in [6.07, 6.45) is 9.42. The van der Waals surface area contributed by atoms with E-state index in [1.165, 1.54) is 5.56 Å². The fourth-order valence-corrected chi connectivity index (χ4v) is 9.15. The van der Waals surface area contributed by atoms with E-state index in [-0.39, 0.29) is 17.9 Å². The first-order valence-corrected chi connectivity index (χ1v) is 17.2. The summed E-state index contributed by atoms with van der Waals surface area (Å²) in [4.78, 5) is 15.6. The van der Waals surface area contributed by atoms with Crippen LogP contribution < -0.4 is 14.4 Å². The van der Waals surface area contributed by atoms with E-state index in [1.807, 2.05) is 18.2 Å². The number of sulfonamides is 1. The maximum Gasteiger partial charge on any atom is 0.264 e. The van der Waals surface area contributed by atoms with Gasteiger partial charge in [-0.05, 0) is 117 Å². The molecule has 0 spiro atoms. The largest absolute Gasteiger partial charge is 0.487 e. The minimum absolute atomic E-state index is 0.0682. The monoisotopic (exact) mass is 600 g/mol. The third kappa shape index (κ3) is 6.25. The molecule has 2 fully saturated rings. The fraction of sp³-hybridized carbons (Fsp3) is 0.594. The molecule has 2 bridgehead atoms. The number of ether oxygens (including phenoxy) is 1. The van der Waals surface area contributed by atoms with E-state index >= 15 is 0 Å². The highest BCUT2D eigenvalue weighted by atomic mass is 35.5. The van der Waals surface area contributed by atoms with Crippen molar-refractivity contribution in [3.8, 4) is 5.75 Å². The third-order valence-corrected chi connectivity index (χ3v) is 12.1. The van der Waals surface area contributed by atoms with Crippen molar-refractivity contribution in [1.29, 1.82) is 0 Å². The minimum Gasteiger partial charge on any atom is -0.487 e. The molecule has 5 atom stereocenters. The second-order valence-electron chi connectivity index (χ2n) is 12.5. The average Bonchev–Trinajstić information content (AvgIpc) is 2.92. The molecule has 2 heterocycles. The summed E-state index contributed by atoms with van der Waals surface area (Å²) in [5, 5.41) is 11.3. The quantitative estimate of drug-likeness (QED) is 0.393. The maximum absolute atomic E-state index is 13.3. The number of hydrogen-bond donors (Lipinski definition) is 2. The van der Waals surface area contributed by atoms with Gasteiger partial charge in [-0.2, -0.15) is 0 Å². The van der Waals surface area contributed by atoms with Crippen molar-refractivity contribution in [2.24, 2.45) is 17.8 Å². The van der Waals surface area contributed by atoms with E-state index in [0.717, 1.165) is 88.5 Å². The minimum atomic E-state index is -3.78. The van der Waals surface area contributed by atoms with Gasteiger partial charge in [-0.3, -0.25) is 4.79 Å². The van der Waals surface area contributed by atoms with Gasteiger partial charge in [-0.25, -0.2) is 13.1 Å². The van der Waals surface area contributed by atoms with E-state index in [0.29, 0.717) is 35.3 Å². The van der Waals surface area contributed by atoms with Gasteiger partial charge in [0.05, 0.1) is 17.0 Å². The molecule has 9 heteroatoms. The van der Waals surface area contributed by atoms with Gasteiger partial charge in [0.25, 0.3) is 5.91 Å². The topological polar surface area (TPSA) is 95.9 Å². The molecule has 2 aromatic carbocycles. The summed E-state index contributed by atoms with van der Waals surface area (Å²) in [6, 6.07) is 11.2. The number of fused-ring (bicyclic) bond motifs is 4. The number of nitrogens with one attached hydrogen (secondary N) is 1. The van der Waals surface area contributed by atoms with Gasteiger partial charge in [0.15, 0.2) is 0 Å². The Morgan fingerprint density at radius 3 is 2.51 bits per heavy atom. The Kier molecular flexibility index (Phi) is 8.53. The lowest BCUT2D eigenvalue weighted by Crippen LogP contribution is -2.47. The second-order valence-corrected chi connectivity index (χ2v) is 14.8. The Labute approximate surface area is 248 Å². The highest BCUT2D eigenvalue weighted by molar-refractivity contribution is 7.90. The van der Waals surface area contributed by atoms with E-state index < -0.39 is 21.2 Å².